The lowest BCUT2D eigenvalue weighted by atomic mass is 10.2. The van der Waals surface area contributed by atoms with Crippen molar-refractivity contribution in [2.24, 2.45) is 4.99 Å². The second-order valence-electron chi connectivity index (χ2n) is 5.93. The zero-order chi connectivity index (χ0) is 22.6. The Morgan fingerprint density at radius 3 is 2.23 bits per heavy atom. The number of amides is 3. The van der Waals surface area contributed by atoms with Crippen LogP contribution in [-0.2, 0) is 14.3 Å². The fourth-order valence-corrected chi connectivity index (χ4v) is 2.34. The van der Waals surface area contributed by atoms with Crippen molar-refractivity contribution in [1.82, 2.24) is 5.32 Å². The number of carbonyl (C=O) groups excluding carboxylic acids is 3. The van der Waals surface area contributed by atoms with E-state index in [1.165, 1.54) is 6.92 Å². The van der Waals surface area contributed by atoms with Crippen molar-refractivity contribution in [2.45, 2.75) is 20.8 Å². The number of nitrogens with one attached hydrogen (secondary N) is 3. The Morgan fingerprint density at radius 1 is 0.871 bits per heavy atom. The van der Waals surface area contributed by atoms with Crippen molar-refractivity contribution in [2.75, 3.05) is 23.8 Å². The predicted octanol–water partition coefficient (Wildman–Crippen LogP) is 4.11. The summed E-state index contributed by atoms with van der Waals surface area (Å²) in [5.74, 6) is 0.475. The Bertz CT molecular complexity index is 946. The van der Waals surface area contributed by atoms with Crippen LogP contribution in [0, 0.1) is 0 Å². The van der Waals surface area contributed by atoms with Gasteiger partial charge < -0.3 is 24.8 Å². The summed E-state index contributed by atoms with van der Waals surface area (Å²) in [6, 6.07) is 13.9. The maximum atomic E-state index is 11.9. The van der Waals surface area contributed by atoms with Crippen molar-refractivity contribution < 1.29 is 28.6 Å². The number of benzene rings is 2. The highest BCUT2D eigenvalue weighted by Crippen LogP contribution is 2.30. The van der Waals surface area contributed by atoms with Crippen molar-refractivity contribution >= 4 is 35.4 Å². The van der Waals surface area contributed by atoms with Gasteiger partial charge in [-0.25, -0.2) is 9.59 Å². The number of anilines is 2. The molecule has 0 unspecified atom stereocenters. The molecule has 0 aliphatic carbocycles. The summed E-state index contributed by atoms with van der Waals surface area (Å²) in [5.41, 5.74) is 0.679. The molecule has 31 heavy (non-hydrogen) atoms. The maximum absolute atomic E-state index is 11.9. The van der Waals surface area contributed by atoms with Gasteiger partial charge >= 0.3 is 12.2 Å². The Kier molecular flexibility index (Phi) is 8.84. The summed E-state index contributed by atoms with van der Waals surface area (Å²) >= 11 is 0. The number of carbonyl (C=O) groups is 3. The third kappa shape index (κ3) is 8.05. The Balaban J connectivity index is 2.36. The minimum absolute atomic E-state index is 0.104. The average molecular weight is 428 g/mol. The number of nitrogens with zero attached hydrogens (tertiary/aromatic N) is 1. The molecule has 0 fully saturated rings. The number of alkyl carbamates (subject to hydrolysis) is 1. The van der Waals surface area contributed by atoms with E-state index in [9.17, 15) is 14.4 Å². The van der Waals surface area contributed by atoms with Gasteiger partial charge in [-0.15, -0.1) is 4.99 Å². The van der Waals surface area contributed by atoms with E-state index in [1.54, 1.807) is 44.2 Å². The molecule has 0 atom stereocenters. The molecule has 10 nitrogen and oxygen atoms in total. The molecule has 3 N–H and O–H groups in total. The number of guanidine groups is 1. The van der Waals surface area contributed by atoms with Gasteiger partial charge in [0, 0.05) is 13.0 Å². The lowest BCUT2D eigenvalue weighted by Gasteiger charge is -2.16. The number of ether oxygens (including phenoxy) is 3. The molecule has 2 aromatic carbocycles. The molecular weight excluding hydrogens is 404 g/mol. The van der Waals surface area contributed by atoms with Crippen molar-refractivity contribution in [3.05, 3.63) is 48.5 Å². The summed E-state index contributed by atoms with van der Waals surface area (Å²) in [6.45, 7) is 4.83. The maximum Gasteiger partial charge on any atom is 0.436 e. The third-order valence-electron chi connectivity index (χ3n) is 3.50. The molecule has 10 heteroatoms. The molecule has 0 spiro atoms. The molecule has 2 rings (SSSR count). The molecule has 0 aromatic heterocycles. The molecule has 0 saturated carbocycles. The van der Waals surface area contributed by atoms with Gasteiger partial charge in [0.15, 0.2) is 0 Å². The normalized spacial score (nSPS) is 10.6. The average Bonchev–Trinajstić information content (AvgIpc) is 2.70. The van der Waals surface area contributed by atoms with E-state index in [2.05, 4.69) is 20.9 Å². The highest BCUT2D eigenvalue weighted by Gasteiger charge is 2.14. The van der Waals surface area contributed by atoms with E-state index in [4.69, 9.17) is 14.2 Å². The zero-order valence-electron chi connectivity index (χ0n) is 17.4. The second kappa shape index (κ2) is 11.8. The molecule has 0 aliphatic rings. The van der Waals surface area contributed by atoms with Crippen LogP contribution < -0.4 is 20.7 Å². The van der Waals surface area contributed by atoms with Crippen molar-refractivity contribution in [3.63, 3.8) is 0 Å². The van der Waals surface area contributed by atoms with Gasteiger partial charge in [-0.05, 0) is 38.1 Å². The minimum atomic E-state index is -0.917. The standard InChI is InChI=1S/C21H24N4O6/c1-4-29-20(27)24-19(25-21(28)30-5-2)23-18-13-16(11-12-17(18)22-14(3)26)31-15-9-7-6-8-10-15/h6-13H,4-5H2,1-3H3,(H,22,26)(H2,23,24,25,27,28). The van der Waals surface area contributed by atoms with Crippen LogP contribution in [0.5, 0.6) is 11.5 Å². The largest absolute Gasteiger partial charge is 0.457 e. The molecule has 0 heterocycles. The highest BCUT2D eigenvalue weighted by atomic mass is 16.6. The first-order chi connectivity index (χ1) is 14.9. The van der Waals surface area contributed by atoms with Crippen LogP contribution in [0.1, 0.15) is 20.8 Å². The number of aliphatic imine (C=N–C) groups is 1. The predicted molar refractivity (Wildman–Crippen MR) is 115 cm³/mol. The van der Waals surface area contributed by atoms with Gasteiger partial charge in [-0.3, -0.25) is 10.1 Å². The third-order valence-corrected chi connectivity index (χ3v) is 3.50. The van der Waals surface area contributed by atoms with Gasteiger partial charge in [0.05, 0.1) is 24.6 Å². The van der Waals surface area contributed by atoms with Crippen LogP contribution >= 0.6 is 0 Å². The number of hydrogen-bond donors (Lipinski definition) is 3. The van der Waals surface area contributed by atoms with Gasteiger partial charge in [-0.2, -0.15) is 0 Å². The van der Waals surface area contributed by atoms with E-state index in [-0.39, 0.29) is 25.1 Å². The number of rotatable bonds is 6. The molecule has 0 bridgehead atoms. The Hall–Kier alpha value is -4.08. The van der Waals surface area contributed by atoms with E-state index in [0.717, 1.165) is 0 Å². The molecule has 0 aliphatic heterocycles. The molecule has 0 radical (unpaired) electrons. The van der Waals surface area contributed by atoms with Gasteiger partial charge in [0.2, 0.25) is 11.9 Å². The van der Waals surface area contributed by atoms with Crippen LogP contribution in [-0.4, -0.2) is 37.3 Å². The van der Waals surface area contributed by atoms with Gasteiger partial charge in [-0.1, -0.05) is 18.2 Å². The van der Waals surface area contributed by atoms with Crippen LogP contribution in [0.4, 0.5) is 21.0 Å². The molecule has 0 saturated heterocycles. The first-order valence-corrected chi connectivity index (χ1v) is 9.52. The van der Waals surface area contributed by atoms with Crippen molar-refractivity contribution in [3.8, 4) is 11.5 Å². The summed E-state index contributed by atoms with van der Waals surface area (Å²) in [6.07, 6.45) is -1.74. The van der Waals surface area contributed by atoms with Crippen LogP contribution in [0.3, 0.4) is 0 Å². The zero-order valence-corrected chi connectivity index (χ0v) is 17.4. The Labute approximate surface area is 179 Å². The lowest BCUT2D eigenvalue weighted by Crippen LogP contribution is -2.37. The topological polar surface area (TPSA) is 127 Å². The van der Waals surface area contributed by atoms with Crippen LogP contribution in [0.25, 0.3) is 0 Å². The molecule has 3 amide bonds. The van der Waals surface area contributed by atoms with Gasteiger partial charge in [0.1, 0.15) is 11.5 Å². The van der Waals surface area contributed by atoms with E-state index in [0.29, 0.717) is 22.9 Å². The van der Waals surface area contributed by atoms with E-state index >= 15 is 0 Å². The summed E-state index contributed by atoms with van der Waals surface area (Å²) < 4.78 is 15.4. The van der Waals surface area contributed by atoms with Crippen molar-refractivity contribution in [1.29, 1.82) is 0 Å². The van der Waals surface area contributed by atoms with E-state index in [1.807, 2.05) is 18.2 Å². The van der Waals surface area contributed by atoms with E-state index < -0.39 is 12.2 Å². The lowest BCUT2D eigenvalue weighted by molar-refractivity contribution is -0.114. The van der Waals surface area contributed by atoms with Crippen LogP contribution in [0.2, 0.25) is 0 Å². The fraction of sp³-hybridized carbons (Fsp3) is 0.238. The second-order valence-corrected chi connectivity index (χ2v) is 5.93. The Morgan fingerprint density at radius 2 is 1.58 bits per heavy atom. The molecular formula is C21H24N4O6. The quantitative estimate of drug-likeness (QED) is 0.467. The van der Waals surface area contributed by atoms with Gasteiger partial charge in [0.25, 0.3) is 0 Å². The summed E-state index contributed by atoms with van der Waals surface area (Å²) in [4.78, 5) is 39.0. The van der Waals surface area contributed by atoms with Crippen LogP contribution in [0.15, 0.2) is 53.5 Å². The smallest absolute Gasteiger partial charge is 0.436 e. The highest BCUT2D eigenvalue weighted by molar-refractivity contribution is 6.08. The monoisotopic (exact) mass is 428 g/mol. The summed E-state index contributed by atoms with van der Waals surface area (Å²) in [5, 5.41) is 7.78. The fourth-order valence-electron chi connectivity index (χ4n) is 2.34. The number of para-hydroxylation sites is 1. The molecule has 2 aromatic rings. The molecule has 164 valence electrons. The minimum Gasteiger partial charge on any atom is -0.457 e. The first-order valence-electron chi connectivity index (χ1n) is 9.52. The first kappa shape index (κ1) is 23.2. The summed E-state index contributed by atoms with van der Waals surface area (Å²) in [7, 11) is 0. The SMILES string of the molecule is CCOC(=O)/N=C(/NC(=O)OCC)Nc1cc(Oc2ccccc2)ccc1NC(C)=O. The number of hydrogen-bond acceptors (Lipinski definition) is 6.